The highest BCUT2D eigenvalue weighted by Gasteiger charge is 2.36. The van der Waals surface area contributed by atoms with Gasteiger partial charge in [-0.2, -0.15) is 5.01 Å². The molecule has 1 aliphatic carbocycles. The van der Waals surface area contributed by atoms with Crippen LogP contribution in [-0.4, -0.2) is 28.8 Å². The van der Waals surface area contributed by atoms with Crippen LogP contribution in [0, 0.1) is 0 Å². The summed E-state index contributed by atoms with van der Waals surface area (Å²) in [5.41, 5.74) is 2.66. The Morgan fingerprint density at radius 1 is 1.60 bits per heavy atom. The van der Waals surface area contributed by atoms with Gasteiger partial charge in [-0.05, 0) is 12.8 Å². The second kappa shape index (κ2) is 1.83. The van der Waals surface area contributed by atoms with Crippen LogP contribution in [-0.2, 0) is 0 Å². The lowest BCUT2D eigenvalue weighted by Crippen LogP contribution is -2.34. The fourth-order valence-electron chi connectivity index (χ4n) is 1.04. The van der Waals surface area contributed by atoms with Crippen LogP contribution in [0.5, 0.6) is 0 Å². The zero-order chi connectivity index (χ0) is 7.14. The van der Waals surface area contributed by atoms with E-state index in [1.807, 2.05) is 5.01 Å². The molecule has 0 unspecified atom stereocenters. The maximum atomic E-state index is 10.8. The highest BCUT2D eigenvalue weighted by molar-refractivity contribution is 5.74. The van der Waals surface area contributed by atoms with Crippen molar-refractivity contribution in [3.8, 4) is 0 Å². The van der Waals surface area contributed by atoms with Crippen molar-refractivity contribution in [1.82, 2.24) is 15.4 Å². The predicted octanol–water partition coefficient (Wildman–Crippen LogP) is -0.778. The third-order valence-corrected chi connectivity index (χ3v) is 1.79. The minimum absolute atomic E-state index is 0.202. The Morgan fingerprint density at radius 2 is 2.30 bits per heavy atom. The molecule has 0 aromatic carbocycles. The van der Waals surface area contributed by atoms with Crippen LogP contribution in [0.25, 0.3) is 0 Å². The molecule has 1 heterocycles. The topological polar surface area (TPSA) is 61.6 Å². The molecule has 56 valence electrons. The number of urea groups is 1. The van der Waals surface area contributed by atoms with E-state index in [9.17, 15) is 4.79 Å². The van der Waals surface area contributed by atoms with Crippen molar-refractivity contribution in [2.24, 2.45) is 5.84 Å². The molecule has 5 nitrogen and oxygen atoms in total. The van der Waals surface area contributed by atoms with Gasteiger partial charge in [-0.1, -0.05) is 0 Å². The quantitative estimate of drug-likeness (QED) is 0.373. The first kappa shape index (κ1) is 5.94. The summed E-state index contributed by atoms with van der Waals surface area (Å²) < 4.78 is 0. The number of carbonyl (C=O) groups excluding carboxylic acids is 1. The van der Waals surface area contributed by atoms with E-state index >= 15 is 0 Å². The van der Waals surface area contributed by atoms with Gasteiger partial charge in [0.15, 0.2) is 0 Å². The smallest absolute Gasteiger partial charge is 0.267 e. The zero-order valence-corrected chi connectivity index (χ0v) is 5.58. The van der Waals surface area contributed by atoms with Crippen molar-refractivity contribution >= 4 is 6.03 Å². The molecule has 1 saturated heterocycles. The van der Waals surface area contributed by atoms with Crippen LogP contribution >= 0.6 is 0 Å². The number of amides is 2. The lowest BCUT2D eigenvalue weighted by atomic mass is 10.7. The number of rotatable bonds is 1. The molecule has 1 aliphatic heterocycles. The van der Waals surface area contributed by atoms with Gasteiger partial charge in [0.2, 0.25) is 0 Å². The van der Waals surface area contributed by atoms with Gasteiger partial charge >= 0.3 is 6.03 Å². The molecule has 2 rings (SSSR count). The summed E-state index contributed by atoms with van der Waals surface area (Å²) in [5, 5.41) is 3.06. The van der Waals surface area contributed by atoms with E-state index in [-0.39, 0.29) is 6.03 Å². The predicted molar refractivity (Wildman–Crippen MR) is 34.3 cm³/mol. The molecular formula is C5H10N4O. The number of nitrogens with one attached hydrogen (secondary N) is 1. The molecule has 2 aliphatic rings. The molecule has 1 saturated carbocycles. The first-order valence-electron chi connectivity index (χ1n) is 3.37. The van der Waals surface area contributed by atoms with Crippen molar-refractivity contribution in [2.45, 2.75) is 18.9 Å². The monoisotopic (exact) mass is 142 g/mol. The first-order valence-corrected chi connectivity index (χ1v) is 3.37. The minimum Gasteiger partial charge on any atom is -0.267 e. The first-order chi connectivity index (χ1) is 4.77. The molecule has 3 N–H and O–H groups in total. The molecule has 0 aromatic heterocycles. The number of hydrogen-bond donors (Lipinski definition) is 2. The van der Waals surface area contributed by atoms with E-state index in [2.05, 4.69) is 5.43 Å². The zero-order valence-electron chi connectivity index (χ0n) is 5.58. The van der Waals surface area contributed by atoms with Crippen molar-refractivity contribution in [2.75, 3.05) is 6.67 Å². The van der Waals surface area contributed by atoms with Gasteiger partial charge in [-0.25, -0.2) is 15.6 Å². The molecule has 0 atom stereocenters. The third kappa shape index (κ3) is 0.833. The average Bonchev–Trinajstić information content (AvgIpc) is 2.64. The van der Waals surface area contributed by atoms with Crippen molar-refractivity contribution in [3.05, 3.63) is 0 Å². The van der Waals surface area contributed by atoms with Crippen molar-refractivity contribution < 1.29 is 4.79 Å². The van der Waals surface area contributed by atoms with Crippen LogP contribution in [0.15, 0.2) is 0 Å². The summed E-state index contributed by atoms with van der Waals surface area (Å²) in [6, 6.07) is 0.337. The van der Waals surface area contributed by atoms with Crippen LogP contribution in [0.3, 0.4) is 0 Å². The fraction of sp³-hybridized carbons (Fsp3) is 0.800. The highest BCUT2D eigenvalue weighted by atomic mass is 16.2. The Hall–Kier alpha value is -0.810. The summed E-state index contributed by atoms with van der Waals surface area (Å²) in [7, 11) is 0. The third-order valence-electron chi connectivity index (χ3n) is 1.79. The van der Waals surface area contributed by atoms with E-state index < -0.39 is 0 Å². The van der Waals surface area contributed by atoms with E-state index in [1.54, 1.807) is 0 Å². The fourth-order valence-corrected chi connectivity index (χ4v) is 1.04. The van der Waals surface area contributed by atoms with Gasteiger partial charge in [-0.3, -0.25) is 5.43 Å². The maximum absolute atomic E-state index is 10.8. The summed E-state index contributed by atoms with van der Waals surface area (Å²) in [5.74, 6) is 5.31. The van der Waals surface area contributed by atoms with Crippen molar-refractivity contribution in [3.63, 3.8) is 0 Å². The largest absolute Gasteiger partial charge is 0.347 e. The number of nitrogens with two attached hydrogens (primary N) is 1. The van der Waals surface area contributed by atoms with Crippen LogP contribution in [0.4, 0.5) is 4.79 Å². The maximum Gasteiger partial charge on any atom is 0.347 e. The van der Waals surface area contributed by atoms with Crippen LogP contribution < -0.4 is 11.3 Å². The Morgan fingerprint density at radius 3 is 2.70 bits per heavy atom. The average molecular weight is 142 g/mol. The number of nitrogens with zero attached hydrogens (tertiary/aromatic N) is 2. The summed E-state index contributed by atoms with van der Waals surface area (Å²) in [4.78, 5) is 10.8. The van der Waals surface area contributed by atoms with Gasteiger partial charge in [0, 0.05) is 6.04 Å². The molecule has 2 amide bonds. The number of carbonyl (C=O) groups is 1. The van der Waals surface area contributed by atoms with Gasteiger partial charge in [-0.15, -0.1) is 0 Å². The SMILES string of the molecule is NN1CN(C2CC2)NC1=O. The molecule has 5 heteroatoms. The Bertz CT molecular complexity index is 167. The van der Waals surface area contributed by atoms with E-state index in [1.165, 1.54) is 17.9 Å². The molecule has 0 aromatic rings. The number of hydrogen-bond acceptors (Lipinski definition) is 3. The van der Waals surface area contributed by atoms with E-state index in [4.69, 9.17) is 5.84 Å². The molecule has 0 radical (unpaired) electrons. The van der Waals surface area contributed by atoms with Gasteiger partial charge in [0.1, 0.15) is 6.67 Å². The van der Waals surface area contributed by atoms with Gasteiger partial charge < -0.3 is 0 Å². The van der Waals surface area contributed by atoms with Gasteiger partial charge in [0.05, 0.1) is 0 Å². The summed E-state index contributed by atoms with van der Waals surface area (Å²) in [6.45, 7) is 0.517. The summed E-state index contributed by atoms with van der Waals surface area (Å²) in [6.07, 6.45) is 2.35. The lowest BCUT2D eigenvalue weighted by Gasteiger charge is -2.10. The van der Waals surface area contributed by atoms with Gasteiger partial charge in [0.25, 0.3) is 0 Å². The summed E-state index contributed by atoms with van der Waals surface area (Å²) >= 11 is 0. The van der Waals surface area contributed by atoms with E-state index in [0.717, 1.165) is 0 Å². The Labute approximate surface area is 58.7 Å². The Kier molecular flexibility index (Phi) is 1.09. The molecular weight excluding hydrogens is 132 g/mol. The molecule has 0 spiro atoms. The lowest BCUT2D eigenvalue weighted by molar-refractivity contribution is 0.209. The molecule has 10 heavy (non-hydrogen) atoms. The molecule has 0 bridgehead atoms. The second-order valence-corrected chi connectivity index (χ2v) is 2.73. The van der Waals surface area contributed by atoms with Crippen LogP contribution in [0.1, 0.15) is 12.8 Å². The highest BCUT2D eigenvalue weighted by Crippen LogP contribution is 2.26. The standard InChI is InChI=1S/C5H10N4O/c6-8-3-9(4-1-2-4)7-5(8)10/h4H,1-3,6H2,(H,7,10). The van der Waals surface area contributed by atoms with Crippen LogP contribution in [0.2, 0.25) is 0 Å². The molecule has 2 fully saturated rings. The second-order valence-electron chi connectivity index (χ2n) is 2.73. The Balaban J connectivity index is 1.97. The van der Waals surface area contributed by atoms with Crippen molar-refractivity contribution in [1.29, 1.82) is 0 Å². The number of hydrazine groups is 2. The normalized spacial score (nSPS) is 27.3. The minimum atomic E-state index is -0.202. The van der Waals surface area contributed by atoms with E-state index in [0.29, 0.717) is 12.7 Å².